The third kappa shape index (κ3) is 6.73. The number of alkyl halides is 1. The van der Waals surface area contributed by atoms with Crippen LogP contribution in [0.25, 0.3) is 0 Å². The highest BCUT2D eigenvalue weighted by molar-refractivity contribution is 9.09. The average Bonchev–Trinajstić information content (AvgIpc) is 2.48. The summed E-state index contributed by atoms with van der Waals surface area (Å²) in [5.74, 6) is -0.975. The Bertz CT molecular complexity index is 449. The van der Waals surface area contributed by atoms with Crippen molar-refractivity contribution < 1.29 is 24.2 Å². The molecule has 2 atom stereocenters. The Labute approximate surface area is 132 Å². The van der Waals surface area contributed by atoms with Gasteiger partial charge in [-0.15, -0.1) is 0 Å². The van der Waals surface area contributed by atoms with Crippen LogP contribution in [0.15, 0.2) is 30.3 Å². The molecule has 0 bridgehead atoms. The van der Waals surface area contributed by atoms with Crippen LogP contribution in [0.4, 0.5) is 0 Å². The van der Waals surface area contributed by atoms with Gasteiger partial charge < -0.3 is 14.6 Å². The monoisotopic (exact) mass is 358 g/mol. The van der Waals surface area contributed by atoms with Gasteiger partial charge in [0.2, 0.25) is 0 Å². The summed E-state index contributed by atoms with van der Waals surface area (Å²) in [6, 6.07) is 8.51. The van der Waals surface area contributed by atoms with Gasteiger partial charge in [-0.05, 0) is 19.1 Å². The third-order valence-electron chi connectivity index (χ3n) is 2.70. The number of esters is 2. The first kappa shape index (κ1) is 17.7. The van der Waals surface area contributed by atoms with E-state index in [1.165, 1.54) is 0 Å². The van der Waals surface area contributed by atoms with Crippen molar-refractivity contribution in [3.8, 4) is 0 Å². The van der Waals surface area contributed by atoms with Crippen molar-refractivity contribution in [3.05, 3.63) is 35.9 Å². The molecule has 0 saturated heterocycles. The van der Waals surface area contributed by atoms with Gasteiger partial charge in [0.15, 0.2) is 0 Å². The topological polar surface area (TPSA) is 72.8 Å². The fraction of sp³-hybridized carbons (Fsp3) is 0.467. The van der Waals surface area contributed by atoms with E-state index in [0.717, 1.165) is 0 Å². The molecule has 0 aromatic heterocycles. The van der Waals surface area contributed by atoms with E-state index < -0.39 is 24.1 Å². The zero-order chi connectivity index (χ0) is 15.7. The van der Waals surface area contributed by atoms with Gasteiger partial charge in [-0.25, -0.2) is 4.79 Å². The van der Waals surface area contributed by atoms with E-state index in [9.17, 15) is 14.7 Å². The van der Waals surface area contributed by atoms with Crippen LogP contribution in [0.1, 0.15) is 30.1 Å². The molecule has 1 rings (SSSR count). The molecule has 5 nitrogen and oxygen atoms in total. The van der Waals surface area contributed by atoms with Gasteiger partial charge in [0.05, 0.1) is 24.7 Å². The highest BCUT2D eigenvalue weighted by atomic mass is 79.9. The fourth-order valence-corrected chi connectivity index (χ4v) is 2.00. The van der Waals surface area contributed by atoms with Crippen molar-refractivity contribution in [2.45, 2.75) is 32.0 Å². The first-order valence-electron chi connectivity index (χ1n) is 6.72. The van der Waals surface area contributed by atoms with Crippen LogP contribution in [0, 0.1) is 0 Å². The SMILES string of the molecule is CCOC(=O)C[C@@H](CC(O)CBr)OC(=O)c1ccccc1. The second-order valence-electron chi connectivity index (χ2n) is 4.45. The number of rotatable bonds is 8. The largest absolute Gasteiger partial charge is 0.466 e. The second-order valence-corrected chi connectivity index (χ2v) is 5.09. The van der Waals surface area contributed by atoms with E-state index >= 15 is 0 Å². The highest BCUT2D eigenvalue weighted by Gasteiger charge is 2.23. The molecule has 0 radical (unpaired) electrons. The number of carbonyl (C=O) groups excluding carboxylic acids is 2. The summed E-state index contributed by atoms with van der Waals surface area (Å²) < 4.78 is 10.2. The molecular formula is C15H19BrO5. The molecule has 1 N–H and O–H groups in total. The summed E-state index contributed by atoms with van der Waals surface area (Å²) in [7, 11) is 0. The Morgan fingerprint density at radius 1 is 1.29 bits per heavy atom. The first-order valence-corrected chi connectivity index (χ1v) is 7.84. The molecule has 0 aliphatic heterocycles. The van der Waals surface area contributed by atoms with Gasteiger partial charge in [0, 0.05) is 11.8 Å². The number of carbonyl (C=O) groups is 2. The molecular weight excluding hydrogens is 340 g/mol. The van der Waals surface area contributed by atoms with Crippen molar-refractivity contribution >= 4 is 27.9 Å². The first-order chi connectivity index (χ1) is 10.1. The lowest BCUT2D eigenvalue weighted by Crippen LogP contribution is -2.28. The number of aliphatic hydroxyl groups is 1. The molecule has 116 valence electrons. The van der Waals surface area contributed by atoms with Crippen molar-refractivity contribution in [3.63, 3.8) is 0 Å². The molecule has 1 aromatic carbocycles. The van der Waals surface area contributed by atoms with E-state index in [1.807, 2.05) is 0 Å². The van der Waals surface area contributed by atoms with Crippen LogP contribution < -0.4 is 0 Å². The van der Waals surface area contributed by atoms with E-state index in [4.69, 9.17) is 9.47 Å². The molecule has 1 unspecified atom stereocenters. The smallest absolute Gasteiger partial charge is 0.338 e. The predicted octanol–water partition coefficient (Wildman–Crippen LogP) is 2.31. The van der Waals surface area contributed by atoms with Gasteiger partial charge >= 0.3 is 11.9 Å². The van der Waals surface area contributed by atoms with Crippen LogP contribution in [0.5, 0.6) is 0 Å². The van der Waals surface area contributed by atoms with Crippen LogP contribution in [-0.2, 0) is 14.3 Å². The lowest BCUT2D eigenvalue weighted by Gasteiger charge is -2.19. The van der Waals surface area contributed by atoms with Crippen molar-refractivity contribution in [2.24, 2.45) is 0 Å². The van der Waals surface area contributed by atoms with E-state index in [0.29, 0.717) is 10.9 Å². The molecule has 0 spiro atoms. The summed E-state index contributed by atoms with van der Waals surface area (Å²) in [6.45, 7) is 1.97. The Hall–Kier alpha value is -1.40. The number of aliphatic hydroxyl groups excluding tert-OH is 1. The van der Waals surface area contributed by atoms with E-state index in [2.05, 4.69) is 15.9 Å². The molecule has 21 heavy (non-hydrogen) atoms. The van der Waals surface area contributed by atoms with Crippen LogP contribution in [0.3, 0.4) is 0 Å². The highest BCUT2D eigenvalue weighted by Crippen LogP contribution is 2.13. The van der Waals surface area contributed by atoms with Crippen molar-refractivity contribution in [2.75, 3.05) is 11.9 Å². The minimum absolute atomic E-state index is 0.0729. The van der Waals surface area contributed by atoms with Gasteiger partial charge in [-0.1, -0.05) is 34.1 Å². The van der Waals surface area contributed by atoms with E-state index in [1.54, 1.807) is 37.3 Å². The summed E-state index contributed by atoms with van der Waals surface area (Å²) >= 11 is 3.14. The average molecular weight is 359 g/mol. The molecule has 0 aliphatic rings. The summed E-state index contributed by atoms with van der Waals surface area (Å²) in [6.07, 6.45) is -1.32. The Morgan fingerprint density at radius 3 is 2.52 bits per heavy atom. The molecule has 6 heteroatoms. The molecule has 0 heterocycles. The molecule has 0 fully saturated rings. The van der Waals surface area contributed by atoms with Gasteiger partial charge in [-0.2, -0.15) is 0 Å². The van der Waals surface area contributed by atoms with Crippen molar-refractivity contribution in [1.82, 2.24) is 0 Å². The standard InChI is InChI=1S/C15H19BrO5/c1-2-20-14(18)9-13(8-12(17)10-16)21-15(19)11-6-4-3-5-7-11/h3-7,12-13,17H,2,8-10H2,1H3/t12?,13-/m1/s1. The Balaban J connectivity index is 2.67. The number of benzene rings is 1. The lowest BCUT2D eigenvalue weighted by molar-refractivity contribution is -0.145. The molecule has 0 aliphatic carbocycles. The van der Waals surface area contributed by atoms with Gasteiger partial charge in [0.25, 0.3) is 0 Å². The number of hydrogen-bond acceptors (Lipinski definition) is 5. The third-order valence-corrected chi connectivity index (χ3v) is 3.44. The van der Waals surface area contributed by atoms with Crippen LogP contribution in [-0.4, -0.2) is 41.2 Å². The van der Waals surface area contributed by atoms with E-state index in [-0.39, 0.29) is 19.4 Å². The maximum absolute atomic E-state index is 12.0. The second kappa shape index (κ2) is 9.52. The number of hydrogen-bond donors (Lipinski definition) is 1. The molecule has 0 saturated carbocycles. The quantitative estimate of drug-likeness (QED) is 0.570. The van der Waals surface area contributed by atoms with Crippen LogP contribution in [0.2, 0.25) is 0 Å². The minimum atomic E-state index is -0.718. The Kier molecular flexibility index (Phi) is 8.00. The number of ether oxygens (including phenoxy) is 2. The molecule has 0 amide bonds. The Morgan fingerprint density at radius 2 is 1.95 bits per heavy atom. The maximum atomic E-state index is 12.0. The zero-order valence-corrected chi connectivity index (χ0v) is 13.4. The normalized spacial score (nSPS) is 13.3. The maximum Gasteiger partial charge on any atom is 0.338 e. The van der Waals surface area contributed by atoms with Gasteiger partial charge in [0.1, 0.15) is 6.10 Å². The zero-order valence-electron chi connectivity index (χ0n) is 11.8. The summed E-state index contributed by atoms with van der Waals surface area (Å²) in [5.41, 5.74) is 0.402. The van der Waals surface area contributed by atoms with Crippen molar-refractivity contribution in [1.29, 1.82) is 0 Å². The summed E-state index contributed by atoms with van der Waals surface area (Å²) in [5, 5.41) is 10.0. The predicted molar refractivity (Wildman–Crippen MR) is 81.3 cm³/mol. The van der Waals surface area contributed by atoms with Crippen LogP contribution >= 0.6 is 15.9 Å². The summed E-state index contributed by atoms with van der Waals surface area (Å²) in [4.78, 5) is 23.5. The fourth-order valence-electron chi connectivity index (χ4n) is 1.74. The lowest BCUT2D eigenvalue weighted by atomic mass is 10.1. The molecule has 1 aromatic rings. The minimum Gasteiger partial charge on any atom is -0.466 e. The number of halogens is 1. The van der Waals surface area contributed by atoms with Gasteiger partial charge in [-0.3, -0.25) is 4.79 Å².